The second-order valence-corrected chi connectivity index (χ2v) is 6.16. The normalized spacial score (nSPS) is 11.5. The SMILES string of the molecule is CC(C)c1ccc(-n2c(N)nc3cc(F)c(Br)cc32)cc1. The molecule has 2 aromatic carbocycles. The summed E-state index contributed by atoms with van der Waals surface area (Å²) >= 11 is 3.21. The molecular formula is C16H15BrFN3. The van der Waals surface area contributed by atoms with Crippen LogP contribution in [0.5, 0.6) is 0 Å². The third-order valence-corrected chi connectivity index (χ3v) is 4.15. The molecule has 0 saturated heterocycles. The van der Waals surface area contributed by atoms with Gasteiger partial charge in [-0.25, -0.2) is 9.37 Å². The van der Waals surface area contributed by atoms with Gasteiger partial charge in [-0.2, -0.15) is 0 Å². The Kier molecular flexibility index (Phi) is 3.45. The Morgan fingerprint density at radius 3 is 2.48 bits per heavy atom. The van der Waals surface area contributed by atoms with Crippen LogP contribution in [0.4, 0.5) is 10.3 Å². The highest BCUT2D eigenvalue weighted by Crippen LogP contribution is 2.28. The lowest BCUT2D eigenvalue weighted by molar-refractivity contribution is 0.623. The zero-order valence-electron chi connectivity index (χ0n) is 11.8. The number of fused-ring (bicyclic) bond motifs is 1. The van der Waals surface area contributed by atoms with Crippen molar-refractivity contribution in [2.75, 3.05) is 5.73 Å². The summed E-state index contributed by atoms with van der Waals surface area (Å²) in [4.78, 5) is 4.23. The number of nitrogens with two attached hydrogens (primary N) is 1. The fraction of sp³-hybridized carbons (Fsp3) is 0.188. The van der Waals surface area contributed by atoms with E-state index in [4.69, 9.17) is 5.73 Å². The van der Waals surface area contributed by atoms with Crippen molar-refractivity contribution in [3.63, 3.8) is 0 Å². The number of imidazole rings is 1. The van der Waals surface area contributed by atoms with Crippen molar-refractivity contribution in [1.82, 2.24) is 9.55 Å². The van der Waals surface area contributed by atoms with Gasteiger partial charge in [-0.3, -0.25) is 4.57 Å². The van der Waals surface area contributed by atoms with Crippen molar-refractivity contribution < 1.29 is 4.39 Å². The van der Waals surface area contributed by atoms with Crippen LogP contribution < -0.4 is 5.73 Å². The fourth-order valence-corrected chi connectivity index (χ4v) is 2.70. The van der Waals surface area contributed by atoms with Gasteiger partial charge in [0.25, 0.3) is 0 Å². The molecule has 3 nitrogen and oxygen atoms in total. The molecule has 0 amide bonds. The molecule has 3 aromatic rings. The Labute approximate surface area is 130 Å². The minimum atomic E-state index is -0.345. The van der Waals surface area contributed by atoms with Crippen molar-refractivity contribution in [2.45, 2.75) is 19.8 Å². The van der Waals surface area contributed by atoms with E-state index in [-0.39, 0.29) is 5.82 Å². The topological polar surface area (TPSA) is 43.8 Å². The lowest BCUT2D eigenvalue weighted by Crippen LogP contribution is -2.01. The van der Waals surface area contributed by atoms with Crippen LogP contribution in [0.1, 0.15) is 25.3 Å². The predicted octanol–water partition coefficient (Wildman–Crippen LogP) is 4.63. The number of benzene rings is 2. The van der Waals surface area contributed by atoms with Crippen molar-refractivity contribution in [3.05, 3.63) is 52.3 Å². The Morgan fingerprint density at radius 2 is 1.86 bits per heavy atom. The molecule has 2 N–H and O–H groups in total. The number of rotatable bonds is 2. The number of anilines is 1. The molecule has 5 heteroatoms. The fourth-order valence-electron chi connectivity index (χ4n) is 2.37. The molecule has 0 saturated carbocycles. The molecule has 0 aliphatic heterocycles. The average molecular weight is 348 g/mol. The van der Waals surface area contributed by atoms with Gasteiger partial charge in [0.15, 0.2) is 0 Å². The van der Waals surface area contributed by atoms with Crippen molar-refractivity contribution >= 4 is 32.9 Å². The first-order valence-corrected chi connectivity index (χ1v) is 7.50. The molecule has 0 fully saturated rings. The van der Waals surface area contributed by atoms with E-state index in [2.05, 4.69) is 46.9 Å². The summed E-state index contributed by atoms with van der Waals surface area (Å²) < 4.78 is 15.8. The molecule has 108 valence electrons. The molecule has 1 heterocycles. The first-order valence-electron chi connectivity index (χ1n) is 6.70. The predicted molar refractivity (Wildman–Crippen MR) is 87.2 cm³/mol. The lowest BCUT2D eigenvalue weighted by atomic mass is 10.0. The van der Waals surface area contributed by atoms with Crippen LogP contribution >= 0.6 is 15.9 Å². The minimum absolute atomic E-state index is 0.345. The first-order chi connectivity index (χ1) is 9.97. The average Bonchev–Trinajstić information content (AvgIpc) is 2.75. The summed E-state index contributed by atoms with van der Waals surface area (Å²) in [5.74, 6) is 0.473. The van der Waals surface area contributed by atoms with Crippen LogP contribution in [-0.4, -0.2) is 9.55 Å². The standard InChI is InChI=1S/C16H15BrFN3/c1-9(2)10-3-5-11(6-4-10)21-15-7-12(17)13(18)8-14(15)20-16(21)19/h3-9H,1-2H3,(H2,19,20). The maximum Gasteiger partial charge on any atom is 0.205 e. The highest BCUT2D eigenvalue weighted by Gasteiger charge is 2.13. The Morgan fingerprint density at radius 1 is 1.19 bits per heavy atom. The van der Waals surface area contributed by atoms with Crippen LogP contribution in [0.15, 0.2) is 40.9 Å². The molecule has 3 rings (SSSR count). The van der Waals surface area contributed by atoms with Gasteiger partial charge in [-0.05, 0) is 45.6 Å². The van der Waals surface area contributed by atoms with Gasteiger partial charge >= 0.3 is 0 Å². The summed E-state index contributed by atoms with van der Waals surface area (Å²) in [6.45, 7) is 4.30. The van der Waals surface area contributed by atoms with E-state index in [9.17, 15) is 4.39 Å². The summed E-state index contributed by atoms with van der Waals surface area (Å²) in [5, 5.41) is 0. The molecule has 0 bridgehead atoms. The van der Waals surface area contributed by atoms with Gasteiger partial charge in [0, 0.05) is 11.8 Å². The van der Waals surface area contributed by atoms with Gasteiger partial charge < -0.3 is 5.73 Å². The van der Waals surface area contributed by atoms with Crippen LogP contribution in [-0.2, 0) is 0 Å². The molecule has 0 radical (unpaired) electrons. The van der Waals surface area contributed by atoms with Gasteiger partial charge in [0.1, 0.15) is 5.82 Å². The number of hydrogen-bond acceptors (Lipinski definition) is 2. The number of halogens is 2. The van der Waals surface area contributed by atoms with Crippen LogP contribution in [0.2, 0.25) is 0 Å². The molecule has 0 unspecified atom stereocenters. The van der Waals surface area contributed by atoms with Gasteiger partial charge in [0.05, 0.1) is 15.5 Å². The van der Waals surface area contributed by atoms with Crippen molar-refractivity contribution in [2.24, 2.45) is 0 Å². The molecule has 21 heavy (non-hydrogen) atoms. The van der Waals surface area contributed by atoms with Crippen LogP contribution in [0.3, 0.4) is 0 Å². The van der Waals surface area contributed by atoms with E-state index in [1.807, 2.05) is 16.7 Å². The van der Waals surface area contributed by atoms with Crippen molar-refractivity contribution in [3.8, 4) is 5.69 Å². The number of nitrogens with zero attached hydrogens (tertiary/aromatic N) is 2. The molecular weight excluding hydrogens is 333 g/mol. The second kappa shape index (κ2) is 5.15. The highest BCUT2D eigenvalue weighted by atomic mass is 79.9. The second-order valence-electron chi connectivity index (χ2n) is 5.31. The minimum Gasteiger partial charge on any atom is -0.369 e. The monoisotopic (exact) mass is 347 g/mol. The number of hydrogen-bond donors (Lipinski definition) is 1. The number of aromatic nitrogens is 2. The third kappa shape index (κ3) is 2.42. The van der Waals surface area contributed by atoms with E-state index >= 15 is 0 Å². The van der Waals surface area contributed by atoms with Gasteiger partial charge in [0.2, 0.25) is 5.95 Å². The van der Waals surface area contributed by atoms with Crippen molar-refractivity contribution in [1.29, 1.82) is 0 Å². The van der Waals surface area contributed by atoms with E-state index in [1.54, 1.807) is 6.07 Å². The van der Waals surface area contributed by atoms with Crippen LogP contribution in [0, 0.1) is 5.82 Å². The van der Waals surface area contributed by atoms with E-state index in [1.165, 1.54) is 11.6 Å². The van der Waals surface area contributed by atoms with E-state index in [0.29, 0.717) is 21.9 Å². The Balaban J connectivity index is 2.19. The molecule has 0 atom stereocenters. The van der Waals surface area contributed by atoms with E-state index in [0.717, 1.165) is 11.2 Å². The smallest absolute Gasteiger partial charge is 0.205 e. The summed E-state index contributed by atoms with van der Waals surface area (Å²) in [5.41, 5.74) is 9.49. The van der Waals surface area contributed by atoms with Crippen LogP contribution in [0.25, 0.3) is 16.7 Å². The largest absolute Gasteiger partial charge is 0.369 e. The lowest BCUT2D eigenvalue weighted by Gasteiger charge is -2.10. The maximum absolute atomic E-state index is 13.6. The third-order valence-electron chi connectivity index (χ3n) is 3.54. The van der Waals surface area contributed by atoms with E-state index < -0.39 is 0 Å². The first kappa shape index (κ1) is 14.1. The molecule has 1 aromatic heterocycles. The maximum atomic E-state index is 13.6. The summed E-state index contributed by atoms with van der Waals surface area (Å²) in [6, 6.07) is 11.2. The summed E-state index contributed by atoms with van der Waals surface area (Å²) in [7, 11) is 0. The molecule has 0 aliphatic rings. The molecule has 0 spiro atoms. The van der Waals surface area contributed by atoms with Gasteiger partial charge in [-0.15, -0.1) is 0 Å². The summed E-state index contributed by atoms with van der Waals surface area (Å²) in [6.07, 6.45) is 0. The van der Waals surface area contributed by atoms with Gasteiger partial charge in [-0.1, -0.05) is 26.0 Å². The zero-order valence-corrected chi connectivity index (χ0v) is 13.4. The highest BCUT2D eigenvalue weighted by molar-refractivity contribution is 9.10. The quantitative estimate of drug-likeness (QED) is 0.734. The molecule has 0 aliphatic carbocycles. The zero-order chi connectivity index (χ0) is 15.1. The Hall–Kier alpha value is -1.88. The Bertz CT molecular complexity index is 806. The number of nitrogen functional groups attached to an aromatic ring is 1.